The molecule has 1 aliphatic carbocycles. The number of aliphatic hydroxyl groups excluding tert-OH is 2. The summed E-state index contributed by atoms with van der Waals surface area (Å²) in [5.74, 6) is -6.45. The number of phenolic OH excluding ortho intramolecular Hbond substituents is 1. The van der Waals surface area contributed by atoms with E-state index in [2.05, 4.69) is 85.4 Å². The fourth-order valence-electron chi connectivity index (χ4n) is 10.9. The molecular formula is C60H74N2O15S. The lowest BCUT2D eigenvalue weighted by atomic mass is 9.60. The number of carboxylic acids is 4. The summed E-state index contributed by atoms with van der Waals surface area (Å²) in [5, 5.41) is 64.9. The van der Waals surface area contributed by atoms with E-state index in [-0.39, 0.29) is 34.6 Å². The molecule has 1 spiro atoms. The van der Waals surface area contributed by atoms with Gasteiger partial charge in [-0.05, 0) is 144 Å². The number of hydrogen-bond acceptors (Lipinski definition) is 14. The molecule has 7 N–H and O–H groups in total. The zero-order valence-corrected chi connectivity index (χ0v) is 47.1. The van der Waals surface area contributed by atoms with Crippen LogP contribution in [-0.2, 0) is 30.3 Å². The summed E-state index contributed by atoms with van der Waals surface area (Å²) in [5.41, 5.74) is 0.0108. The number of carbonyl (C=O) groups excluding carboxylic acids is 1. The first kappa shape index (κ1) is 60.5. The Morgan fingerprint density at radius 3 is 1.94 bits per heavy atom. The van der Waals surface area contributed by atoms with Gasteiger partial charge in [0.1, 0.15) is 28.4 Å². The Bertz CT molecular complexity index is 2920. The Balaban J connectivity index is 0.000000259. The molecule has 0 radical (unpaired) electrons. The van der Waals surface area contributed by atoms with Gasteiger partial charge in [0.15, 0.2) is 23.6 Å². The summed E-state index contributed by atoms with van der Waals surface area (Å²) >= 11 is 1.88. The molecule has 1 saturated heterocycles. The number of para-hydroxylation sites is 2. The molecule has 78 heavy (non-hydrogen) atoms. The highest BCUT2D eigenvalue weighted by atomic mass is 32.2. The maximum atomic E-state index is 14.7. The lowest BCUT2D eigenvalue weighted by molar-refractivity contribution is -0.184. The van der Waals surface area contributed by atoms with Crippen molar-refractivity contribution >= 4 is 58.9 Å². The van der Waals surface area contributed by atoms with Crippen LogP contribution >= 0.6 is 11.8 Å². The van der Waals surface area contributed by atoms with Gasteiger partial charge in [0.25, 0.3) is 0 Å². The van der Waals surface area contributed by atoms with Crippen molar-refractivity contribution < 1.29 is 73.9 Å². The number of carboxylic acid groups (broad SMARTS) is 4. The van der Waals surface area contributed by atoms with Crippen molar-refractivity contribution in [2.45, 2.75) is 145 Å². The molecule has 1 fully saturated rings. The Labute approximate surface area is 460 Å². The van der Waals surface area contributed by atoms with Gasteiger partial charge in [0.2, 0.25) is 5.60 Å². The molecular weight excluding hydrogens is 1020 g/mol. The van der Waals surface area contributed by atoms with Gasteiger partial charge in [-0.25, -0.2) is 19.2 Å². The molecule has 0 saturated carbocycles. The summed E-state index contributed by atoms with van der Waals surface area (Å²) in [4.78, 5) is 67.0. The average molecular weight is 1100 g/mol. The summed E-state index contributed by atoms with van der Waals surface area (Å²) in [6.45, 7) is 19.4. The van der Waals surface area contributed by atoms with Gasteiger partial charge < -0.3 is 59.8 Å². The minimum absolute atomic E-state index is 0.0407. The highest BCUT2D eigenvalue weighted by molar-refractivity contribution is 7.99. The van der Waals surface area contributed by atoms with Crippen LogP contribution in [0.4, 0.5) is 11.4 Å². The van der Waals surface area contributed by atoms with E-state index in [4.69, 9.17) is 34.6 Å². The van der Waals surface area contributed by atoms with Crippen LogP contribution in [0.1, 0.15) is 116 Å². The smallest absolute Gasteiger partial charge is 0.340 e. The molecule has 7 atom stereocenters. The molecule has 3 aromatic carbocycles. The number of phenols is 1. The number of hydrogen-bond donors (Lipinski definition) is 7. The first-order chi connectivity index (χ1) is 36.5. The number of ether oxygens (including phenoxy) is 3. The van der Waals surface area contributed by atoms with Crippen molar-refractivity contribution in [1.29, 1.82) is 0 Å². The van der Waals surface area contributed by atoms with E-state index in [1.54, 1.807) is 26.0 Å². The van der Waals surface area contributed by atoms with Crippen molar-refractivity contribution in [1.82, 2.24) is 4.90 Å². The van der Waals surface area contributed by atoms with E-state index in [0.29, 0.717) is 48.5 Å². The maximum absolute atomic E-state index is 14.7. The Hall–Kier alpha value is -6.70. The molecule has 7 unspecified atom stereocenters. The van der Waals surface area contributed by atoms with Crippen LogP contribution in [0.3, 0.4) is 0 Å². The fourth-order valence-corrected chi connectivity index (χ4v) is 12.0. The van der Waals surface area contributed by atoms with Crippen molar-refractivity contribution in [2.24, 2.45) is 11.8 Å². The second kappa shape index (κ2) is 24.1. The van der Waals surface area contributed by atoms with E-state index in [1.165, 1.54) is 39.7 Å². The van der Waals surface area contributed by atoms with Gasteiger partial charge in [0, 0.05) is 51.9 Å². The molecule has 17 nitrogen and oxygen atoms in total. The molecule has 0 aromatic heterocycles. The van der Waals surface area contributed by atoms with Crippen LogP contribution in [-0.4, -0.2) is 132 Å². The van der Waals surface area contributed by atoms with E-state index in [1.807, 2.05) is 58.5 Å². The third-order valence-electron chi connectivity index (χ3n) is 14.5. The van der Waals surface area contributed by atoms with Gasteiger partial charge in [-0.2, -0.15) is 0 Å². The first-order valence-electron chi connectivity index (χ1n) is 26.0. The maximum Gasteiger partial charge on any atom is 0.340 e. The highest BCUT2D eigenvalue weighted by Gasteiger charge is 2.77. The van der Waals surface area contributed by atoms with Crippen LogP contribution in [0.15, 0.2) is 111 Å². The molecule has 420 valence electrons. The van der Waals surface area contributed by atoms with Gasteiger partial charge in [-0.1, -0.05) is 78.4 Å². The number of aromatic hydroxyl groups is 1. The van der Waals surface area contributed by atoms with Crippen LogP contribution in [0.25, 0.3) is 6.08 Å². The predicted octanol–water partition coefficient (Wildman–Crippen LogP) is 9.88. The van der Waals surface area contributed by atoms with Crippen molar-refractivity contribution in [3.05, 3.63) is 118 Å². The number of rotatable bonds is 16. The predicted molar refractivity (Wildman–Crippen MR) is 297 cm³/mol. The Kier molecular flexibility index (Phi) is 18.7. The third kappa shape index (κ3) is 12.3. The molecule has 3 aromatic rings. The van der Waals surface area contributed by atoms with Gasteiger partial charge in [-0.15, -0.1) is 0 Å². The monoisotopic (exact) mass is 1090 g/mol. The Morgan fingerprint density at radius 2 is 1.41 bits per heavy atom. The number of ketones is 1. The second-order valence-electron chi connectivity index (χ2n) is 22.1. The van der Waals surface area contributed by atoms with Crippen LogP contribution in [0.2, 0.25) is 0 Å². The van der Waals surface area contributed by atoms with Crippen molar-refractivity contribution in [3.8, 4) is 17.2 Å². The SMILES string of the molecule is CC(C)=CCCC1(C)C=Cc2c(O)c3c(c(CC=C(C)C)c2O1)OC12C(=CCCC1C(C)(C)OC2(CC=C(C)C(=O)O)C(=O)O)C3=O.CC(CN(C)C)CN1c2ccccc2Sc2ccccc21.O=C(O)C(O)C(O)C(=O)O. The highest BCUT2D eigenvalue weighted by Crippen LogP contribution is 2.64. The average Bonchev–Trinajstić information content (AvgIpc) is 3.85. The number of allylic oxidation sites excluding steroid dienone is 5. The number of anilines is 2. The number of fused-ring (bicyclic) bond motifs is 4. The summed E-state index contributed by atoms with van der Waals surface area (Å²) in [6, 6.07) is 17.4. The minimum atomic E-state index is -2.27. The van der Waals surface area contributed by atoms with Gasteiger partial charge in [0.05, 0.1) is 22.5 Å². The van der Waals surface area contributed by atoms with Crippen molar-refractivity contribution in [2.75, 3.05) is 32.1 Å². The lowest BCUT2D eigenvalue weighted by Gasteiger charge is -2.50. The molecule has 0 amide bonds. The molecule has 4 heterocycles. The van der Waals surface area contributed by atoms with Gasteiger partial charge >= 0.3 is 23.9 Å². The normalized spacial score (nSPS) is 23.1. The number of benzene rings is 3. The molecule has 18 heteroatoms. The number of Topliss-reactive ketones (excluding diaryl/α,β-unsaturated/α-hetero) is 1. The second-order valence-corrected chi connectivity index (χ2v) is 23.1. The van der Waals surface area contributed by atoms with E-state index in [9.17, 15) is 39.3 Å². The number of aliphatic carboxylic acids is 4. The van der Waals surface area contributed by atoms with Crippen LogP contribution in [0.5, 0.6) is 17.2 Å². The quantitative estimate of drug-likeness (QED) is 0.0520. The van der Waals surface area contributed by atoms with E-state index in [0.717, 1.165) is 25.1 Å². The first-order valence-corrected chi connectivity index (χ1v) is 26.8. The molecule has 5 aliphatic rings. The largest absolute Gasteiger partial charge is 0.506 e. The lowest BCUT2D eigenvalue weighted by Crippen LogP contribution is -2.66. The zero-order valence-electron chi connectivity index (χ0n) is 46.2. The fraction of sp³-hybridized carbons (Fsp3) is 0.450. The number of carbonyl (C=O) groups is 5. The third-order valence-corrected chi connectivity index (χ3v) is 15.7. The van der Waals surface area contributed by atoms with Crippen LogP contribution in [0, 0.1) is 11.8 Å². The molecule has 8 rings (SSSR count). The number of aliphatic hydroxyl groups is 2. The van der Waals surface area contributed by atoms with Gasteiger partial charge in [-0.3, -0.25) is 4.79 Å². The molecule has 4 aliphatic heterocycles. The standard InChI is InChI=1S/C38H46O9.C18H22N2S.C4H6O6/c1-21(2)11-10-18-36(8)19-17-24-29(39)28-30(40)26-12-9-13-27-35(6,7)47-37(34(43)44,20-16-23(5)33(41)42)38(26,27)46-32(28)25(31(24)45-36)15-14-22(3)4;1-14(12-19(2)3)13-20-15-8-4-6-10-17(15)21-18-11-7-5-9-16(18)20;5-1(3(7)8)2(6)4(9)10/h11-12,14,16-17,19,27,39H,9-10,13,15,18,20H2,1-8H3,(H,41,42)(H,43,44);4-11,14H,12-13H2,1-3H3;1-2,5-6H,(H,7,8)(H,9,10). The topological polar surface area (TPSA) is 261 Å². The molecule has 0 bridgehead atoms. The summed E-state index contributed by atoms with van der Waals surface area (Å²) < 4.78 is 20.2. The van der Waals surface area contributed by atoms with E-state index < -0.39 is 70.2 Å². The summed E-state index contributed by atoms with van der Waals surface area (Å²) in [6.07, 6.45) is 8.59. The zero-order chi connectivity index (χ0) is 57.8. The van der Waals surface area contributed by atoms with Crippen molar-refractivity contribution in [3.63, 3.8) is 0 Å². The number of nitrogens with zero attached hydrogens (tertiary/aromatic N) is 2. The minimum Gasteiger partial charge on any atom is -0.506 e. The van der Waals surface area contributed by atoms with Crippen LogP contribution < -0.4 is 14.4 Å². The van der Waals surface area contributed by atoms with E-state index >= 15 is 0 Å². The summed E-state index contributed by atoms with van der Waals surface area (Å²) in [7, 11) is 4.29. The Morgan fingerprint density at radius 1 is 0.833 bits per heavy atom.